The lowest BCUT2D eigenvalue weighted by atomic mass is 10.1. The van der Waals surface area contributed by atoms with E-state index in [0.717, 1.165) is 28.8 Å². The first-order valence-electron chi connectivity index (χ1n) is 8.24. The zero-order valence-electron chi connectivity index (χ0n) is 14.3. The average Bonchev–Trinajstić information content (AvgIpc) is 2.98. The van der Waals surface area contributed by atoms with Crippen molar-refractivity contribution < 1.29 is 4.79 Å². The number of carbonyl (C=O) groups excluding carboxylic acids is 1. The molecule has 2 aromatic heterocycles. The van der Waals surface area contributed by atoms with Crippen LogP contribution in [-0.2, 0) is 6.54 Å². The third kappa shape index (κ3) is 3.30. The van der Waals surface area contributed by atoms with Crippen LogP contribution in [0.3, 0.4) is 0 Å². The largest absolute Gasteiger partial charge is 0.342 e. The Labute approximate surface area is 141 Å². The summed E-state index contributed by atoms with van der Waals surface area (Å²) in [6.45, 7) is 6.64. The van der Waals surface area contributed by atoms with Gasteiger partial charge in [-0.25, -0.2) is 4.98 Å². The number of nitrogens with zero attached hydrogens (tertiary/aromatic N) is 3. The molecule has 0 aliphatic rings. The van der Waals surface area contributed by atoms with Gasteiger partial charge < -0.3 is 9.88 Å². The van der Waals surface area contributed by atoms with Gasteiger partial charge in [0.25, 0.3) is 5.91 Å². The molecule has 0 aliphatic heterocycles. The minimum Gasteiger partial charge on any atom is -0.342 e. The monoisotopic (exact) mass is 322 g/mol. The van der Waals surface area contributed by atoms with Gasteiger partial charge in [0.15, 0.2) is 0 Å². The Kier molecular flexibility index (Phi) is 4.60. The number of aryl methyl sites for hydroxylation is 1. The van der Waals surface area contributed by atoms with E-state index in [1.54, 1.807) is 6.20 Å². The van der Waals surface area contributed by atoms with Crippen LogP contribution in [0.15, 0.2) is 42.7 Å². The van der Waals surface area contributed by atoms with Crippen LogP contribution in [0.4, 0.5) is 0 Å². The fourth-order valence-electron chi connectivity index (χ4n) is 2.77. The van der Waals surface area contributed by atoms with E-state index >= 15 is 0 Å². The molecule has 2 heterocycles. The molecular weight excluding hydrogens is 300 g/mol. The van der Waals surface area contributed by atoms with Gasteiger partial charge >= 0.3 is 0 Å². The Bertz CT molecular complexity index is 841. The normalized spacial score (nSPS) is 12.3. The van der Waals surface area contributed by atoms with E-state index in [4.69, 9.17) is 0 Å². The number of nitrogens with one attached hydrogen (secondary N) is 1. The molecule has 0 radical (unpaired) electrons. The highest BCUT2D eigenvalue weighted by Gasteiger charge is 2.21. The minimum atomic E-state index is 0.0300. The Morgan fingerprint density at radius 1 is 1.33 bits per heavy atom. The summed E-state index contributed by atoms with van der Waals surface area (Å²) in [7, 11) is 0. The molecule has 0 spiro atoms. The lowest BCUT2D eigenvalue weighted by Crippen LogP contribution is -2.37. The third-order valence-corrected chi connectivity index (χ3v) is 4.31. The Balaban J connectivity index is 1.91. The number of pyridine rings is 1. The predicted molar refractivity (Wildman–Crippen MR) is 94.7 cm³/mol. The summed E-state index contributed by atoms with van der Waals surface area (Å²) in [5.74, 6) is 0.881. The highest BCUT2D eigenvalue weighted by atomic mass is 16.2. The van der Waals surface area contributed by atoms with Gasteiger partial charge in [0.1, 0.15) is 5.82 Å². The molecule has 1 aromatic carbocycles. The molecule has 0 fully saturated rings. The molecule has 1 N–H and O–H groups in total. The fourth-order valence-corrected chi connectivity index (χ4v) is 2.77. The van der Waals surface area contributed by atoms with Crippen molar-refractivity contribution >= 4 is 16.9 Å². The van der Waals surface area contributed by atoms with Crippen molar-refractivity contribution in [1.82, 2.24) is 19.9 Å². The van der Waals surface area contributed by atoms with Crippen molar-refractivity contribution in [3.05, 3.63) is 59.7 Å². The van der Waals surface area contributed by atoms with E-state index in [-0.39, 0.29) is 11.9 Å². The molecule has 3 aromatic rings. The topological polar surface area (TPSA) is 61.9 Å². The van der Waals surface area contributed by atoms with E-state index in [9.17, 15) is 4.79 Å². The highest BCUT2D eigenvalue weighted by Crippen LogP contribution is 2.18. The maximum absolute atomic E-state index is 13.1. The number of aromatic amines is 1. The number of rotatable bonds is 5. The fraction of sp³-hybridized carbons (Fsp3) is 0.316. The number of hydrogen-bond donors (Lipinski definition) is 1. The summed E-state index contributed by atoms with van der Waals surface area (Å²) in [5.41, 5.74) is 3.48. The number of benzene rings is 1. The van der Waals surface area contributed by atoms with E-state index < -0.39 is 0 Å². The number of amides is 1. The predicted octanol–water partition coefficient (Wildman–Crippen LogP) is 3.71. The second-order valence-electron chi connectivity index (χ2n) is 6.11. The van der Waals surface area contributed by atoms with E-state index in [0.29, 0.717) is 12.1 Å². The van der Waals surface area contributed by atoms with Gasteiger partial charge in [-0.15, -0.1) is 0 Å². The minimum absolute atomic E-state index is 0.0300. The van der Waals surface area contributed by atoms with Crippen LogP contribution in [0.5, 0.6) is 0 Å². The quantitative estimate of drug-likeness (QED) is 0.779. The number of aromatic nitrogens is 3. The first-order valence-corrected chi connectivity index (χ1v) is 8.24. The van der Waals surface area contributed by atoms with Gasteiger partial charge in [-0.2, -0.15) is 0 Å². The molecular formula is C19H22N4O. The number of imidazole rings is 1. The molecule has 124 valence electrons. The molecule has 0 saturated carbocycles. The van der Waals surface area contributed by atoms with Gasteiger partial charge in [-0.1, -0.05) is 13.0 Å². The Morgan fingerprint density at radius 3 is 2.88 bits per heavy atom. The van der Waals surface area contributed by atoms with E-state index in [2.05, 4.69) is 28.8 Å². The third-order valence-electron chi connectivity index (χ3n) is 4.31. The van der Waals surface area contributed by atoms with Crippen molar-refractivity contribution in [1.29, 1.82) is 0 Å². The molecule has 5 heteroatoms. The van der Waals surface area contributed by atoms with Crippen LogP contribution in [0.1, 0.15) is 42.0 Å². The second kappa shape index (κ2) is 6.83. The molecule has 0 bridgehead atoms. The molecule has 3 rings (SSSR count). The van der Waals surface area contributed by atoms with Crippen LogP contribution < -0.4 is 0 Å². The van der Waals surface area contributed by atoms with Gasteiger partial charge in [-0.05, 0) is 50.1 Å². The van der Waals surface area contributed by atoms with Gasteiger partial charge in [-0.3, -0.25) is 9.78 Å². The highest BCUT2D eigenvalue weighted by molar-refractivity contribution is 5.97. The molecule has 24 heavy (non-hydrogen) atoms. The second-order valence-corrected chi connectivity index (χ2v) is 6.11. The standard InChI is InChI=1S/C19H22N4O/c1-4-13(2)23(12-15-6-5-9-20-11-15)19(24)16-7-8-17-18(10-16)22-14(3)21-17/h5-11,13H,4,12H2,1-3H3,(H,21,22)/t13-/m1/s1. The SMILES string of the molecule is CC[C@@H](C)N(Cc1cccnc1)C(=O)c1ccc2nc(C)[nH]c2c1. The summed E-state index contributed by atoms with van der Waals surface area (Å²) in [6, 6.07) is 9.67. The average molecular weight is 322 g/mol. The number of hydrogen-bond acceptors (Lipinski definition) is 3. The van der Waals surface area contributed by atoms with Crippen molar-refractivity contribution in [2.45, 2.75) is 39.8 Å². The van der Waals surface area contributed by atoms with Crippen LogP contribution in [0.2, 0.25) is 0 Å². The van der Waals surface area contributed by atoms with Crippen LogP contribution in [0.25, 0.3) is 11.0 Å². The van der Waals surface area contributed by atoms with Gasteiger partial charge in [0.05, 0.1) is 11.0 Å². The molecule has 1 atom stereocenters. The van der Waals surface area contributed by atoms with Crippen molar-refractivity contribution in [3.63, 3.8) is 0 Å². The zero-order chi connectivity index (χ0) is 17.1. The van der Waals surface area contributed by atoms with Gasteiger partial charge in [0, 0.05) is 30.5 Å². The number of H-pyrrole nitrogens is 1. The van der Waals surface area contributed by atoms with Crippen molar-refractivity contribution in [2.75, 3.05) is 0 Å². The number of fused-ring (bicyclic) bond motifs is 1. The zero-order valence-corrected chi connectivity index (χ0v) is 14.3. The molecule has 1 amide bonds. The maximum atomic E-state index is 13.1. The summed E-state index contributed by atoms with van der Waals surface area (Å²) in [5, 5.41) is 0. The molecule has 0 aliphatic carbocycles. The van der Waals surface area contributed by atoms with Crippen molar-refractivity contribution in [3.8, 4) is 0 Å². The van der Waals surface area contributed by atoms with E-state index in [1.165, 1.54) is 0 Å². The molecule has 0 unspecified atom stereocenters. The van der Waals surface area contributed by atoms with Crippen LogP contribution in [0, 0.1) is 6.92 Å². The first-order chi connectivity index (χ1) is 11.6. The summed E-state index contributed by atoms with van der Waals surface area (Å²) in [6.07, 6.45) is 4.45. The van der Waals surface area contributed by atoms with Crippen LogP contribution >= 0.6 is 0 Å². The lowest BCUT2D eigenvalue weighted by molar-refractivity contribution is 0.0671. The molecule has 5 nitrogen and oxygen atoms in total. The van der Waals surface area contributed by atoms with Crippen LogP contribution in [-0.4, -0.2) is 31.8 Å². The van der Waals surface area contributed by atoms with Crippen molar-refractivity contribution in [2.24, 2.45) is 0 Å². The first kappa shape index (κ1) is 16.2. The smallest absolute Gasteiger partial charge is 0.254 e. The molecule has 0 saturated heterocycles. The summed E-state index contributed by atoms with van der Waals surface area (Å²) < 4.78 is 0. The lowest BCUT2D eigenvalue weighted by Gasteiger charge is -2.28. The Morgan fingerprint density at radius 2 is 2.17 bits per heavy atom. The summed E-state index contributed by atoms with van der Waals surface area (Å²) in [4.78, 5) is 26.7. The number of carbonyl (C=O) groups is 1. The Hall–Kier alpha value is -2.69. The van der Waals surface area contributed by atoms with Gasteiger partial charge in [0.2, 0.25) is 0 Å². The van der Waals surface area contributed by atoms with E-state index in [1.807, 2.05) is 48.4 Å². The summed E-state index contributed by atoms with van der Waals surface area (Å²) >= 11 is 0. The maximum Gasteiger partial charge on any atom is 0.254 e.